The van der Waals surface area contributed by atoms with Gasteiger partial charge in [0.05, 0.1) is 28.4 Å². The molecule has 1 aliphatic heterocycles. The quantitative estimate of drug-likeness (QED) is 0.774. The van der Waals surface area contributed by atoms with E-state index in [-0.39, 0.29) is 5.97 Å². The van der Waals surface area contributed by atoms with E-state index in [2.05, 4.69) is 4.90 Å². The Morgan fingerprint density at radius 2 is 1.82 bits per heavy atom. The highest BCUT2D eigenvalue weighted by atomic mass is 35.5. The highest BCUT2D eigenvalue weighted by Gasteiger charge is 2.21. The highest BCUT2D eigenvalue weighted by Crippen LogP contribution is 2.33. The van der Waals surface area contributed by atoms with Crippen molar-refractivity contribution in [1.29, 1.82) is 0 Å². The maximum atomic E-state index is 11.7. The molecule has 1 aliphatic rings. The molecule has 0 radical (unpaired) electrons. The first-order valence-corrected chi connectivity index (χ1v) is 6.21. The summed E-state index contributed by atoms with van der Waals surface area (Å²) in [7, 11) is 1.36. The lowest BCUT2D eigenvalue weighted by atomic mass is 10.1. The molecule has 0 amide bonds. The van der Waals surface area contributed by atoms with Crippen LogP contribution in [0.5, 0.6) is 0 Å². The number of halogens is 2. The van der Waals surface area contributed by atoms with Crippen LogP contribution in [0.4, 0.5) is 5.69 Å². The van der Waals surface area contributed by atoms with Gasteiger partial charge in [-0.25, -0.2) is 4.79 Å². The third-order valence-corrected chi connectivity index (χ3v) is 3.61. The molecule has 0 bridgehead atoms. The summed E-state index contributed by atoms with van der Waals surface area (Å²) in [6.07, 6.45) is 2.25. The van der Waals surface area contributed by atoms with Crippen LogP contribution in [-0.4, -0.2) is 26.2 Å². The van der Waals surface area contributed by atoms with E-state index < -0.39 is 0 Å². The Bertz CT molecular complexity index is 442. The summed E-state index contributed by atoms with van der Waals surface area (Å²) in [5, 5.41) is 0.830. The van der Waals surface area contributed by atoms with Gasteiger partial charge in [-0.2, -0.15) is 0 Å². The predicted molar refractivity (Wildman–Crippen MR) is 69.2 cm³/mol. The van der Waals surface area contributed by atoms with E-state index in [0.29, 0.717) is 15.6 Å². The molecule has 0 unspecified atom stereocenters. The fourth-order valence-electron chi connectivity index (χ4n) is 2.03. The van der Waals surface area contributed by atoms with Gasteiger partial charge in [0.1, 0.15) is 0 Å². The van der Waals surface area contributed by atoms with Gasteiger partial charge >= 0.3 is 5.97 Å². The van der Waals surface area contributed by atoms with E-state index in [9.17, 15) is 4.79 Å². The average Bonchev–Trinajstić information content (AvgIpc) is 2.84. The molecule has 0 aromatic heterocycles. The molecule has 1 aromatic rings. The molecule has 2 rings (SSSR count). The van der Waals surface area contributed by atoms with Gasteiger partial charge in [0.2, 0.25) is 0 Å². The maximum absolute atomic E-state index is 11.7. The molecule has 0 N–H and O–H groups in total. The minimum Gasteiger partial charge on any atom is -0.465 e. The molecule has 92 valence electrons. The summed E-state index contributed by atoms with van der Waals surface area (Å²) < 4.78 is 4.76. The van der Waals surface area contributed by atoms with Gasteiger partial charge < -0.3 is 9.64 Å². The monoisotopic (exact) mass is 273 g/mol. The molecule has 3 nitrogen and oxygen atoms in total. The van der Waals surface area contributed by atoms with Crippen molar-refractivity contribution < 1.29 is 9.53 Å². The van der Waals surface area contributed by atoms with Crippen LogP contribution in [0.2, 0.25) is 10.0 Å². The average molecular weight is 274 g/mol. The second-order valence-corrected chi connectivity index (χ2v) is 4.78. The first-order valence-electron chi connectivity index (χ1n) is 5.46. The van der Waals surface area contributed by atoms with Crippen molar-refractivity contribution in [1.82, 2.24) is 0 Å². The third-order valence-electron chi connectivity index (χ3n) is 2.89. The van der Waals surface area contributed by atoms with Crippen LogP contribution >= 0.6 is 23.2 Å². The summed E-state index contributed by atoms with van der Waals surface area (Å²) >= 11 is 11.9. The van der Waals surface area contributed by atoms with Crippen LogP contribution in [0.3, 0.4) is 0 Å². The molecule has 17 heavy (non-hydrogen) atoms. The summed E-state index contributed by atoms with van der Waals surface area (Å²) in [4.78, 5) is 13.8. The van der Waals surface area contributed by atoms with Gasteiger partial charge in [-0.15, -0.1) is 0 Å². The Kier molecular flexibility index (Phi) is 3.79. The van der Waals surface area contributed by atoms with E-state index >= 15 is 0 Å². The Balaban J connectivity index is 2.46. The minimum absolute atomic E-state index is 0.370. The minimum atomic E-state index is -0.384. The summed E-state index contributed by atoms with van der Waals surface area (Å²) in [5.41, 5.74) is 1.28. The van der Waals surface area contributed by atoms with Crippen molar-refractivity contribution in [3.05, 3.63) is 27.7 Å². The second-order valence-electron chi connectivity index (χ2n) is 3.97. The predicted octanol–water partition coefficient (Wildman–Crippen LogP) is 3.38. The van der Waals surface area contributed by atoms with E-state index in [1.165, 1.54) is 7.11 Å². The van der Waals surface area contributed by atoms with Crippen molar-refractivity contribution >= 4 is 34.9 Å². The van der Waals surface area contributed by atoms with Gasteiger partial charge in [0.15, 0.2) is 0 Å². The number of hydrogen-bond donors (Lipinski definition) is 0. The standard InChI is InChI=1S/C12H13Cl2NO2/c1-17-12(16)8-6-9(13)10(14)7-11(8)15-4-2-3-5-15/h6-7H,2-5H2,1H3. The molecule has 5 heteroatoms. The van der Waals surface area contributed by atoms with Gasteiger partial charge in [0.25, 0.3) is 0 Å². The van der Waals surface area contributed by atoms with Crippen molar-refractivity contribution in [2.75, 3.05) is 25.1 Å². The number of esters is 1. The van der Waals surface area contributed by atoms with Crippen molar-refractivity contribution in [3.63, 3.8) is 0 Å². The molecule has 0 aliphatic carbocycles. The van der Waals surface area contributed by atoms with Gasteiger partial charge in [0, 0.05) is 13.1 Å². The molecule has 1 aromatic carbocycles. The van der Waals surface area contributed by atoms with Crippen molar-refractivity contribution in [2.24, 2.45) is 0 Å². The summed E-state index contributed by atoms with van der Waals surface area (Å²) in [6, 6.07) is 3.31. The summed E-state index contributed by atoms with van der Waals surface area (Å²) in [5.74, 6) is -0.384. The SMILES string of the molecule is COC(=O)c1cc(Cl)c(Cl)cc1N1CCCC1. The number of ether oxygens (including phenoxy) is 1. The molecule has 1 saturated heterocycles. The van der Waals surface area contributed by atoms with Crippen LogP contribution in [-0.2, 0) is 4.74 Å². The number of anilines is 1. The second kappa shape index (κ2) is 5.15. The number of methoxy groups -OCH3 is 1. The Labute approximate surface area is 110 Å². The number of hydrogen-bond acceptors (Lipinski definition) is 3. The Morgan fingerprint density at radius 1 is 1.24 bits per heavy atom. The third kappa shape index (κ3) is 2.50. The fourth-order valence-corrected chi connectivity index (χ4v) is 2.35. The van der Waals surface area contributed by atoms with Gasteiger partial charge in [-0.3, -0.25) is 0 Å². The Morgan fingerprint density at radius 3 is 2.41 bits per heavy atom. The topological polar surface area (TPSA) is 29.5 Å². The maximum Gasteiger partial charge on any atom is 0.340 e. The van der Waals surface area contributed by atoms with Crippen molar-refractivity contribution in [3.8, 4) is 0 Å². The van der Waals surface area contributed by atoms with Crippen LogP contribution < -0.4 is 4.90 Å². The molecule has 1 fully saturated rings. The molecule has 0 atom stereocenters. The molecule has 0 spiro atoms. The van der Waals surface area contributed by atoms with Crippen LogP contribution in [0.15, 0.2) is 12.1 Å². The largest absolute Gasteiger partial charge is 0.465 e. The lowest BCUT2D eigenvalue weighted by Crippen LogP contribution is -2.21. The number of carbonyl (C=O) groups is 1. The first kappa shape index (κ1) is 12.5. The molecule has 1 heterocycles. The zero-order valence-corrected chi connectivity index (χ0v) is 11.0. The molecule has 0 saturated carbocycles. The molecular weight excluding hydrogens is 261 g/mol. The molecular formula is C12H13Cl2NO2. The lowest BCUT2D eigenvalue weighted by Gasteiger charge is -2.21. The van der Waals surface area contributed by atoms with Crippen LogP contribution in [0, 0.1) is 0 Å². The highest BCUT2D eigenvalue weighted by molar-refractivity contribution is 6.42. The number of benzene rings is 1. The van der Waals surface area contributed by atoms with Gasteiger partial charge in [-0.05, 0) is 25.0 Å². The lowest BCUT2D eigenvalue weighted by molar-refractivity contribution is 0.0601. The van der Waals surface area contributed by atoms with E-state index in [4.69, 9.17) is 27.9 Å². The summed E-state index contributed by atoms with van der Waals surface area (Å²) in [6.45, 7) is 1.86. The first-order chi connectivity index (χ1) is 8.13. The Hall–Kier alpha value is -0.930. The van der Waals surface area contributed by atoms with Crippen LogP contribution in [0.1, 0.15) is 23.2 Å². The van der Waals surface area contributed by atoms with E-state index in [1.807, 2.05) is 0 Å². The van der Waals surface area contributed by atoms with E-state index in [1.54, 1.807) is 12.1 Å². The van der Waals surface area contributed by atoms with E-state index in [0.717, 1.165) is 31.6 Å². The van der Waals surface area contributed by atoms with Crippen LogP contribution in [0.25, 0.3) is 0 Å². The fraction of sp³-hybridized carbons (Fsp3) is 0.417. The zero-order valence-electron chi connectivity index (χ0n) is 9.50. The van der Waals surface area contributed by atoms with Crippen molar-refractivity contribution in [2.45, 2.75) is 12.8 Å². The number of nitrogens with zero attached hydrogens (tertiary/aromatic N) is 1. The smallest absolute Gasteiger partial charge is 0.340 e. The zero-order chi connectivity index (χ0) is 12.4. The number of rotatable bonds is 2. The van der Waals surface area contributed by atoms with Gasteiger partial charge in [-0.1, -0.05) is 23.2 Å². The normalized spacial score (nSPS) is 15.1. The number of carbonyl (C=O) groups excluding carboxylic acids is 1.